The van der Waals surface area contributed by atoms with Crippen molar-refractivity contribution in [3.63, 3.8) is 0 Å². The zero-order valence-corrected chi connectivity index (χ0v) is 15.8. The number of aryl methyl sites for hydroxylation is 1. The van der Waals surface area contributed by atoms with Crippen LogP contribution in [0.4, 0.5) is 0 Å². The summed E-state index contributed by atoms with van der Waals surface area (Å²) in [6.45, 7) is 2.03. The zero-order chi connectivity index (χ0) is 20.2. The molecule has 2 N–H and O–H groups in total. The Kier molecular flexibility index (Phi) is 5.03. The molecule has 0 atom stereocenters. The molecule has 0 spiro atoms. The van der Waals surface area contributed by atoms with Gasteiger partial charge in [-0.2, -0.15) is 5.10 Å². The normalized spacial score (nSPS) is 11.1. The van der Waals surface area contributed by atoms with Crippen LogP contribution in [0.2, 0.25) is 0 Å². The number of aromatic nitrogens is 1. The average Bonchev–Trinajstić information content (AvgIpc) is 2.75. The molecule has 5 nitrogen and oxygen atoms in total. The van der Waals surface area contributed by atoms with Gasteiger partial charge in [0, 0.05) is 10.9 Å². The highest BCUT2D eigenvalue weighted by atomic mass is 16.3. The van der Waals surface area contributed by atoms with Crippen LogP contribution in [0.3, 0.4) is 0 Å². The number of rotatable bonds is 4. The number of phenolic OH excluding ortho intramolecular Hbond substituents is 1. The molecule has 0 aliphatic rings. The Morgan fingerprint density at radius 2 is 1.72 bits per heavy atom. The molecule has 0 radical (unpaired) electrons. The SMILES string of the molecule is Cc1ccc(-c2cc(C(=O)N/N=C/c3ccc(O)cc3)c3ccccc3n2)cc1. The monoisotopic (exact) mass is 381 g/mol. The number of nitrogens with one attached hydrogen (secondary N) is 1. The predicted molar refractivity (Wildman–Crippen MR) is 115 cm³/mol. The van der Waals surface area contributed by atoms with Gasteiger partial charge in [-0.05, 0) is 48.9 Å². The number of para-hydroxylation sites is 1. The van der Waals surface area contributed by atoms with Crippen molar-refractivity contribution in [3.05, 3.63) is 95.6 Å². The molecule has 0 saturated heterocycles. The Labute approximate surface area is 168 Å². The first-order valence-corrected chi connectivity index (χ1v) is 9.19. The second kappa shape index (κ2) is 7.94. The van der Waals surface area contributed by atoms with Crippen molar-refractivity contribution < 1.29 is 9.90 Å². The van der Waals surface area contributed by atoms with Crippen molar-refractivity contribution >= 4 is 23.0 Å². The van der Waals surface area contributed by atoms with Crippen LogP contribution in [-0.4, -0.2) is 22.2 Å². The number of carbonyl (C=O) groups excluding carboxylic acids is 1. The molecule has 1 heterocycles. The number of aromatic hydroxyl groups is 1. The summed E-state index contributed by atoms with van der Waals surface area (Å²) in [6, 6.07) is 23.9. The summed E-state index contributed by atoms with van der Waals surface area (Å²) < 4.78 is 0. The number of carbonyl (C=O) groups is 1. The van der Waals surface area contributed by atoms with E-state index in [1.165, 1.54) is 6.21 Å². The first-order valence-electron chi connectivity index (χ1n) is 9.19. The lowest BCUT2D eigenvalue weighted by Gasteiger charge is -2.09. The van der Waals surface area contributed by atoms with E-state index in [9.17, 15) is 9.90 Å². The average molecular weight is 381 g/mol. The van der Waals surface area contributed by atoms with E-state index in [1.54, 1.807) is 30.3 Å². The van der Waals surface area contributed by atoms with Crippen molar-refractivity contribution in [2.75, 3.05) is 0 Å². The van der Waals surface area contributed by atoms with E-state index in [4.69, 9.17) is 4.98 Å². The van der Waals surface area contributed by atoms with Gasteiger partial charge in [-0.3, -0.25) is 4.79 Å². The molecular formula is C24H19N3O2. The molecule has 0 fully saturated rings. The number of fused-ring (bicyclic) bond motifs is 1. The molecule has 29 heavy (non-hydrogen) atoms. The minimum atomic E-state index is -0.313. The van der Waals surface area contributed by atoms with Gasteiger partial charge < -0.3 is 5.11 Å². The number of hydrazone groups is 1. The second-order valence-corrected chi connectivity index (χ2v) is 6.73. The fourth-order valence-corrected chi connectivity index (χ4v) is 3.02. The van der Waals surface area contributed by atoms with Crippen molar-refractivity contribution in [1.82, 2.24) is 10.4 Å². The van der Waals surface area contributed by atoms with Gasteiger partial charge >= 0.3 is 0 Å². The molecule has 0 unspecified atom stereocenters. The summed E-state index contributed by atoms with van der Waals surface area (Å²) in [4.78, 5) is 17.6. The number of hydrogen-bond acceptors (Lipinski definition) is 4. The maximum absolute atomic E-state index is 12.8. The highest BCUT2D eigenvalue weighted by molar-refractivity contribution is 6.07. The van der Waals surface area contributed by atoms with Crippen molar-refractivity contribution in [2.45, 2.75) is 6.92 Å². The zero-order valence-electron chi connectivity index (χ0n) is 15.8. The number of nitrogens with zero attached hydrogens (tertiary/aromatic N) is 2. The molecule has 0 bridgehead atoms. The van der Waals surface area contributed by atoms with E-state index >= 15 is 0 Å². The van der Waals surface area contributed by atoms with E-state index < -0.39 is 0 Å². The molecular weight excluding hydrogens is 362 g/mol. The summed E-state index contributed by atoms with van der Waals surface area (Å²) in [6.07, 6.45) is 1.53. The Balaban J connectivity index is 1.67. The van der Waals surface area contributed by atoms with Gasteiger partial charge in [-0.25, -0.2) is 10.4 Å². The highest BCUT2D eigenvalue weighted by Crippen LogP contribution is 2.25. The standard InChI is InChI=1S/C24H19N3O2/c1-16-6-10-18(11-7-16)23-14-21(20-4-2-3-5-22(20)26-23)24(29)27-25-15-17-8-12-19(28)13-9-17/h2-15,28H,1H3,(H,27,29)/b25-15+. The van der Waals surface area contributed by atoms with Gasteiger partial charge in [0.15, 0.2) is 0 Å². The first kappa shape index (κ1) is 18.4. The van der Waals surface area contributed by atoms with Crippen LogP contribution < -0.4 is 5.43 Å². The largest absolute Gasteiger partial charge is 0.508 e. The molecule has 0 saturated carbocycles. The van der Waals surface area contributed by atoms with Crippen LogP contribution in [0.5, 0.6) is 5.75 Å². The number of benzene rings is 3. The molecule has 5 heteroatoms. The second-order valence-electron chi connectivity index (χ2n) is 6.73. The lowest BCUT2D eigenvalue weighted by atomic mass is 10.0. The topological polar surface area (TPSA) is 74.6 Å². The Morgan fingerprint density at radius 3 is 2.48 bits per heavy atom. The Bertz CT molecular complexity index is 1200. The van der Waals surface area contributed by atoms with Crippen LogP contribution in [0, 0.1) is 6.92 Å². The number of amides is 1. The molecule has 3 aromatic carbocycles. The number of phenols is 1. The predicted octanol–water partition coefficient (Wildman–Crippen LogP) is 4.68. The molecule has 0 aliphatic carbocycles. The number of pyridine rings is 1. The smallest absolute Gasteiger partial charge is 0.272 e. The van der Waals surface area contributed by atoms with Gasteiger partial charge in [0.05, 0.1) is 23.0 Å². The van der Waals surface area contributed by atoms with Crippen molar-refractivity contribution in [2.24, 2.45) is 5.10 Å². The van der Waals surface area contributed by atoms with Gasteiger partial charge in [0.1, 0.15) is 5.75 Å². The first-order chi connectivity index (χ1) is 14.1. The third-order valence-electron chi connectivity index (χ3n) is 4.58. The molecule has 1 aromatic heterocycles. The van der Waals surface area contributed by atoms with Crippen LogP contribution >= 0.6 is 0 Å². The Morgan fingerprint density at radius 1 is 1.00 bits per heavy atom. The summed E-state index contributed by atoms with van der Waals surface area (Å²) >= 11 is 0. The van der Waals surface area contributed by atoms with Gasteiger partial charge in [0.2, 0.25) is 0 Å². The quantitative estimate of drug-likeness (QED) is 0.398. The molecule has 142 valence electrons. The van der Waals surface area contributed by atoms with E-state index in [0.29, 0.717) is 5.56 Å². The maximum Gasteiger partial charge on any atom is 0.272 e. The molecule has 4 aromatic rings. The lowest BCUT2D eigenvalue weighted by molar-refractivity contribution is 0.0956. The molecule has 0 aliphatic heterocycles. The van der Waals surface area contributed by atoms with Gasteiger partial charge in [-0.15, -0.1) is 0 Å². The maximum atomic E-state index is 12.8. The minimum Gasteiger partial charge on any atom is -0.508 e. The lowest BCUT2D eigenvalue weighted by Crippen LogP contribution is -2.18. The molecule has 4 rings (SSSR count). The third-order valence-corrected chi connectivity index (χ3v) is 4.58. The fraction of sp³-hybridized carbons (Fsp3) is 0.0417. The van der Waals surface area contributed by atoms with E-state index in [0.717, 1.165) is 33.3 Å². The van der Waals surface area contributed by atoms with Crippen LogP contribution in [0.15, 0.2) is 84.0 Å². The third kappa shape index (κ3) is 4.14. The van der Waals surface area contributed by atoms with Crippen LogP contribution in [0.25, 0.3) is 22.2 Å². The fourth-order valence-electron chi connectivity index (χ4n) is 3.02. The van der Waals surface area contributed by atoms with E-state index in [1.807, 2.05) is 55.5 Å². The number of hydrogen-bond donors (Lipinski definition) is 2. The highest BCUT2D eigenvalue weighted by Gasteiger charge is 2.13. The Hall–Kier alpha value is -3.99. The van der Waals surface area contributed by atoms with Gasteiger partial charge in [0.25, 0.3) is 5.91 Å². The summed E-state index contributed by atoms with van der Waals surface area (Å²) in [7, 11) is 0. The van der Waals surface area contributed by atoms with Gasteiger partial charge in [-0.1, -0.05) is 48.0 Å². The van der Waals surface area contributed by atoms with Crippen LogP contribution in [-0.2, 0) is 0 Å². The molecule has 1 amide bonds. The van der Waals surface area contributed by atoms with Crippen molar-refractivity contribution in [3.8, 4) is 17.0 Å². The summed E-state index contributed by atoms with van der Waals surface area (Å²) in [5, 5.41) is 14.1. The van der Waals surface area contributed by atoms with Crippen molar-refractivity contribution in [1.29, 1.82) is 0 Å². The summed E-state index contributed by atoms with van der Waals surface area (Å²) in [5.74, 6) is -0.134. The summed E-state index contributed by atoms with van der Waals surface area (Å²) in [5.41, 5.74) is 7.45. The van der Waals surface area contributed by atoms with E-state index in [-0.39, 0.29) is 11.7 Å². The van der Waals surface area contributed by atoms with Crippen LogP contribution in [0.1, 0.15) is 21.5 Å². The minimum absolute atomic E-state index is 0.179. The van der Waals surface area contributed by atoms with E-state index in [2.05, 4.69) is 10.5 Å².